The third kappa shape index (κ3) is 4.06. The molecule has 7 nitrogen and oxygen atoms in total. The minimum atomic E-state index is -3.57. The van der Waals surface area contributed by atoms with Crippen LogP contribution in [-0.2, 0) is 19.6 Å². The number of nitrogens with one attached hydrogen (secondary N) is 1. The van der Waals surface area contributed by atoms with Crippen LogP contribution in [0.15, 0.2) is 29.2 Å². The fourth-order valence-electron chi connectivity index (χ4n) is 7.67. The zero-order chi connectivity index (χ0) is 24.3. The molecule has 186 valence electrons. The molecule has 1 N–H and O–H groups in total. The number of piperazine rings is 1. The fourth-order valence-corrected chi connectivity index (χ4v) is 9.10. The van der Waals surface area contributed by atoms with Crippen LogP contribution in [0.2, 0.25) is 0 Å². The molecule has 0 radical (unpaired) electrons. The Morgan fingerprint density at radius 2 is 1.56 bits per heavy atom. The van der Waals surface area contributed by atoms with Crippen LogP contribution in [0.3, 0.4) is 0 Å². The third-order valence-corrected chi connectivity index (χ3v) is 10.6. The molecule has 2 atom stereocenters. The van der Waals surface area contributed by atoms with Gasteiger partial charge in [0, 0.05) is 38.6 Å². The van der Waals surface area contributed by atoms with Crippen LogP contribution < -0.4 is 5.32 Å². The second-order valence-electron chi connectivity index (χ2n) is 11.6. The van der Waals surface area contributed by atoms with Gasteiger partial charge in [0.15, 0.2) is 0 Å². The first-order valence-corrected chi connectivity index (χ1v) is 14.1. The van der Waals surface area contributed by atoms with Crippen molar-refractivity contribution in [2.45, 2.75) is 75.6 Å². The number of hydrogen-bond acceptors (Lipinski definition) is 4. The molecule has 0 unspecified atom stereocenters. The highest BCUT2D eigenvalue weighted by Gasteiger charge is 2.61. The summed E-state index contributed by atoms with van der Waals surface area (Å²) < 4.78 is 27.9. The Morgan fingerprint density at radius 1 is 0.971 bits per heavy atom. The molecule has 4 bridgehead atoms. The molecule has 1 aromatic rings. The summed E-state index contributed by atoms with van der Waals surface area (Å²) in [6.07, 6.45) is 5.68. The van der Waals surface area contributed by atoms with E-state index >= 15 is 0 Å². The van der Waals surface area contributed by atoms with Gasteiger partial charge in [-0.05, 0) is 74.0 Å². The minimum absolute atomic E-state index is 0.00945. The molecule has 34 heavy (non-hydrogen) atoms. The number of carbonyl (C=O) groups is 2. The lowest BCUT2D eigenvalue weighted by Crippen LogP contribution is -2.66. The van der Waals surface area contributed by atoms with Gasteiger partial charge in [-0.15, -0.1) is 0 Å². The van der Waals surface area contributed by atoms with Crippen LogP contribution in [0.4, 0.5) is 0 Å². The van der Waals surface area contributed by atoms with Gasteiger partial charge in [-0.2, -0.15) is 4.31 Å². The Bertz CT molecular complexity index is 1060. The number of nitrogens with zero attached hydrogens (tertiary/aromatic N) is 2. The summed E-state index contributed by atoms with van der Waals surface area (Å²) in [5.41, 5.74) is 0.473. The van der Waals surface area contributed by atoms with Crippen molar-refractivity contribution in [3.63, 3.8) is 0 Å². The van der Waals surface area contributed by atoms with E-state index in [-0.39, 0.29) is 17.4 Å². The molecular weight excluding hydrogens is 450 g/mol. The molecule has 0 aromatic heterocycles. The summed E-state index contributed by atoms with van der Waals surface area (Å²) in [5.74, 6) is 1.50. The van der Waals surface area contributed by atoms with Crippen LogP contribution in [0.1, 0.15) is 70.8 Å². The predicted octanol–water partition coefficient (Wildman–Crippen LogP) is 3.12. The van der Waals surface area contributed by atoms with Crippen molar-refractivity contribution in [2.24, 2.45) is 17.3 Å². The van der Waals surface area contributed by atoms with Crippen molar-refractivity contribution in [2.75, 3.05) is 26.2 Å². The highest BCUT2D eigenvalue weighted by Crippen LogP contribution is 2.62. The largest absolute Gasteiger partial charge is 0.351 e. The molecule has 6 rings (SSSR count). The molecule has 1 saturated heterocycles. The number of carbonyl (C=O) groups excluding carboxylic acids is 2. The maximum Gasteiger partial charge on any atom is 0.243 e. The first-order chi connectivity index (χ1) is 16.0. The Morgan fingerprint density at radius 3 is 2.09 bits per heavy atom. The Hall–Kier alpha value is -1.93. The van der Waals surface area contributed by atoms with E-state index in [1.54, 1.807) is 19.1 Å². The van der Waals surface area contributed by atoms with Crippen LogP contribution >= 0.6 is 0 Å². The van der Waals surface area contributed by atoms with Crippen LogP contribution in [0.25, 0.3) is 0 Å². The van der Waals surface area contributed by atoms with Crippen LogP contribution in [0, 0.1) is 17.3 Å². The number of hydrogen-bond donors (Lipinski definition) is 1. The SMILES string of the molecule is CC(=O)NC12C[C@H]3C[C@H](C1)CC(C(=O)N1CCN(S(=O)(=O)c4ccc(C(C)C)cc4)CC1)(C3)C2. The Labute approximate surface area is 203 Å². The highest BCUT2D eigenvalue weighted by atomic mass is 32.2. The second-order valence-corrected chi connectivity index (χ2v) is 13.6. The fraction of sp³-hybridized carbons (Fsp3) is 0.692. The standard InChI is InChI=1S/C26H37N3O4S/c1-18(2)22-4-6-23(7-5-22)34(32,33)29-10-8-28(9-11-29)24(31)25-13-20-12-21(14-25)16-26(15-20,17-25)27-19(3)30/h4-7,18,20-21H,8-17H2,1-3H3,(H,27,30)/t20-,21-,25?,26?/m0/s1. The molecule has 5 fully saturated rings. The van der Waals surface area contributed by atoms with E-state index in [1.165, 1.54) is 4.31 Å². The maximum absolute atomic E-state index is 13.9. The quantitative estimate of drug-likeness (QED) is 0.691. The molecular formula is C26H37N3O4S. The molecule has 0 spiro atoms. The van der Waals surface area contributed by atoms with Gasteiger partial charge >= 0.3 is 0 Å². The molecule has 2 amide bonds. The van der Waals surface area contributed by atoms with Gasteiger partial charge in [-0.25, -0.2) is 8.42 Å². The molecule has 1 aliphatic heterocycles. The van der Waals surface area contributed by atoms with Crippen molar-refractivity contribution in [3.8, 4) is 0 Å². The molecule has 4 aliphatic carbocycles. The summed E-state index contributed by atoms with van der Waals surface area (Å²) in [5, 5.41) is 3.23. The average molecular weight is 488 g/mol. The summed E-state index contributed by atoms with van der Waals surface area (Å²) in [7, 11) is -3.57. The van der Waals surface area contributed by atoms with Gasteiger partial charge in [0.05, 0.1) is 10.3 Å². The smallest absolute Gasteiger partial charge is 0.243 e. The summed E-state index contributed by atoms with van der Waals surface area (Å²) in [6, 6.07) is 7.16. The second kappa shape index (κ2) is 8.33. The van der Waals surface area contributed by atoms with Crippen LogP contribution in [0.5, 0.6) is 0 Å². The van der Waals surface area contributed by atoms with E-state index in [2.05, 4.69) is 19.2 Å². The van der Waals surface area contributed by atoms with E-state index < -0.39 is 15.4 Å². The normalized spacial score (nSPS) is 33.4. The molecule has 4 saturated carbocycles. The molecule has 1 heterocycles. The van der Waals surface area contributed by atoms with Gasteiger partial charge < -0.3 is 10.2 Å². The zero-order valence-corrected chi connectivity index (χ0v) is 21.4. The van der Waals surface area contributed by atoms with E-state index in [1.807, 2.05) is 17.0 Å². The van der Waals surface area contributed by atoms with Crippen LogP contribution in [-0.4, -0.2) is 61.2 Å². The van der Waals surface area contributed by atoms with Gasteiger partial charge in [0.25, 0.3) is 0 Å². The topological polar surface area (TPSA) is 86.8 Å². The van der Waals surface area contributed by atoms with E-state index in [0.717, 1.165) is 44.1 Å². The van der Waals surface area contributed by atoms with Gasteiger partial charge in [0.2, 0.25) is 21.8 Å². The first kappa shape index (κ1) is 23.8. The summed E-state index contributed by atoms with van der Waals surface area (Å²) >= 11 is 0. The number of amides is 2. The van der Waals surface area contributed by atoms with Crippen molar-refractivity contribution in [1.82, 2.24) is 14.5 Å². The highest BCUT2D eigenvalue weighted by molar-refractivity contribution is 7.89. The molecule has 1 aromatic carbocycles. The summed E-state index contributed by atoms with van der Waals surface area (Å²) in [6.45, 7) is 7.23. The van der Waals surface area contributed by atoms with Crippen molar-refractivity contribution in [3.05, 3.63) is 29.8 Å². The summed E-state index contributed by atoms with van der Waals surface area (Å²) in [4.78, 5) is 28.0. The molecule has 8 heteroatoms. The molecule has 5 aliphatic rings. The van der Waals surface area contributed by atoms with Crippen molar-refractivity contribution < 1.29 is 18.0 Å². The average Bonchev–Trinajstić information content (AvgIpc) is 2.77. The lowest BCUT2D eigenvalue weighted by atomic mass is 9.46. The van der Waals surface area contributed by atoms with Gasteiger partial charge in [-0.3, -0.25) is 9.59 Å². The lowest BCUT2D eigenvalue weighted by Gasteiger charge is -2.62. The number of sulfonamides is 1. The number of benzene rings is 1. The van der Waals surface area contributed by atoms with E-state index in [0.29, 0.717) is 48.8 Å². The van der Waals surface area contributed by atoms with Crippen molar-refractivity contribution in [1.29, 1.82) is 0 Å². The Kier molecular flexibility index (Phi) is 5.83. The van der Waals surface area contributed by atoms with Crippen molar-refractivity contribution >= 4 is 21.8 Å². The van der Waals surface area contributed by atoms with E-state index in [4.69, 9.17) is 0 Å². The first-order valence-electron chi connectivity index (χ1n) is 12.7. The third-order valence-electron chi connectivity index (χ3n) is 8.67. The minimum Gasteiger partial charge on any atom is -0.351 e. The van der Waals surface area contributed by atoms with Gasteiger partial charge in [0.1, 0.15) is 0 Å². The monoisotopic (exact) mass is 487 g/mol. The lowest BCUT2D eigenvalue weighted by molar-refractivity contribution is -0.164. The number of rotatable bonds is 5. The maximum atomic E-state index is 13.9. The van der Waals surface area contributed by atoms with E-state index in [9.17, 15) is 18.0 Å². The Balaban J connectivity index is 1.28. The van der Waals surface area contributed by atoms with Gasteiger partial charge in [-0.1, -0.05) is 26.0 Å². The predicted molar refractivity (Wildman–Crippen MR) is 130 cm³/mol. The zero-order valence-electron chi connectivity index (χ0n) is 20.5.